The average Bonchev–Trinajstić information content (AvgIpc) is 2.91. The van der Waals surface area contributed by atoms with E-state index in [4.69, 9.17) is 0 Å². The molecule has 3 amide bonds. The van der Waals surface area contributed by atoms with Gasteiger partial charge < -0.3 is 5.32 Å². The number of benzene rings is 2. The third-order valence-electron chi connectivity index (χ3n) is 3.64. The molecule has 21 heavy (non-hydrogen) atoms. The Morgan fingerprint density at radius 3 is 2.29 bits per heavy atom. The molecular weight excluding hydrogens is 264 g/mol. The van der Waals surface area contributed by atoms with Crippen molar-refractivity contribution in [2.75, 3.05) is 5.32 Å². The van der Waals surface area contributed by atoms with Crippen LogP contribution in [0.4, 0.5) is 10.5 Å². The topological polar surface area (TPSA) is 49.4 Å². The largest absolute Gasteiger partial charge is 0.329 e. The molecule has 1 heterocycles. The first kappa shape index (κ1) is 13.4. The maximum Gasteiger partial charge on any atom is 0.329 e. The number of urea groups is 1. The highest BCUT2D eigenvalue weighted by Crippen LogP contribution is 2.33. The van der Waals surface area contributed by atoms with Gasteiger partial charge >= 0.3 is 6.03 Å². The van der Waals surface area contributed by atoms with Crippen LogP contribution in [0.25, 0.3) is 0 Å². The van der Waals surface area contributed by atoms with Crippen molar-refractivity contribution >= 4 is 17.6 Å². The van der Waals surface area contributed by atoms with E-state index < -0.39 is 0 Å². The van der Waals surface area contributed by atoms with Crippen LogP contribution in [0.1, 0.15) is 24.4 Å². The highest BCUT2D eigenvalue weighted by molar-refractivity contribution is 6.02. The molecule has 1 unspecified atom stereocenters. The number of imide groups is 1. The molecule has 0 aliphatic carbocycles. The Morgan fingerprint density at radius 2 is 1.62 bits per heavy atom. The Morgan fingerprint density at radius 1 is 1.00 bits per heavy atom. The number of amides is 3. The van der Waals surface area contributed by atoms with Gasteiger partial charge in [-0.25, -0.2) is 4.79 Å². The van der Waals surface area contributed by atoms with Crippen LogP contribution in [-0.2, 0) is 4.79 Å². The maximum absolute atomic E-state index is 12.4. The van der Waals surface area contributed by atoms with Gasteiger partial charge in [0.05, 0.1) is 6.04 Å². The monoisotopic (exact) mass is 280 g/mol. The first-order chi connectivity index (χ1) is 10.3. The molecule has 1 saturated heterocycles. The van der Waals surface area contributed by atoms with Crippen LogP contribution in [-0.4, -0.2) is 16.8 Å². The zero-order valence-corrected chi connectivity index (χ0v) is 11.5. The predicted molar refractivity (Wildman–Crippen MR) is 80.7 cm³/mol. The molecule has 4 heteroatoms. The van der Waals surface area contributed by atoms with E-state index in [9.17, 15) is 9.59 Å². The Bertz CT molecular complexity index is 640. The highest BCUT2D eigenvalue weighted by Gasteiger charge is 2.36. The summed E-state index contributed by atoms with van der Waals surface area (Å²) in [5.74, 6) is -0.128. The van der Waals surface area contributed by atoms with Crippen LogP contribution >= 0.6 is 0 Å². The highest BCUT2D eigenvalue weighted by atomic mass is 16.2. The number of para-hydroxylation sites is 1. The summed E-state index contributed by atoms with van der Waals surface area (Å²) in [5.41, 5.74) is 1.68. The number of likely N-dealkylation sites (tertiary alicyclic amines) is 1. The molecule has 3 rings (SSSR count). The van der Waals surface area contributed by atoms with Crippen molar-refractivity contribution in [1.29, 1.82) is 0 Å². The fourth-order valence-corrected chi connectivity index (χ4v) is 2.63. The van der Waals surface area contributed by atoms with Gasteiger partial charge in [0.1, 0.15) is 0 Å². The van der Waals surface area contributed by atoms with E-state index in [1.54, 1.807) is 12.1 Å². The second-order valence-corrected chi connectivity index (χ2v) is 5.03. The van der Waals surface area contributed by atoms with E-state index in [0.717, 1.165) is 5.56 Å². The number of rotatable bonds is 2. The lowest BCUT2D eigenvalue weighted by Gasteiger charge is -2.23. The number of nitrogens with one attached hydrogen (secondary N) is 1. The summed E-state index contributed by atoms with van der Waals surface area (Å²) < 4.78 is 0. The molecule has 1 N–H and O–H groups in total. The van der Waals surface area contributed by atoms with E-state index in [2.05, 4.69) is 5.32 Å². The van der Waals surface area contributed by atoms with E-state index >= 15 is 0 Å². The molecule has 1 aliphatic rings. The normalized spacial score (nSPS) is 17.8. The van der Waals surface area contributed by atoms with Crippen LogP contribution in [0.3, 0.4) is 0 Å². The standard InChI is InChI=1S/C17H16N2O2/c20-16-12-11-15(13-7-3-1-4-8-13)19(16)17(21)18-14-9-5-2-6-10-14/h1-10,15H,11-12H2,(H,18,21). The Labute approximate surface area is 123 Å². The van der Waals surface area contributed by atoms with Gasteiger partial charge in [0, 0.05) is 12.1 Å². The van der Waals surface area contributed by atoms with Gasteiger partial charge in [-0.3, -0.25) is 9.69 Å². The van der Waals surface area contributed by atoms with Gasteiger partial charge in [0.15, 0.2) is 0 Å². The van der Waals surface area contributed by atoms with Crippen molar-refractivity contribution in [3.63, 3.8) is 0 Å². The molecular formula is C17H16N2O2. The van der Waals surface area contributed by atoms with Crippen molar-refractivity contribution in [3.8, 4) is 0 Å². The van der Waals surface area contributed by atoms with Gasteiger partial charge in [0.2, 0.25) is 5.91 Å². The van der Waals surface area contributed by atoms with Crippen molar-refractivity contribution in [2.45, 2.75) is 18.9 Å². The molecule has 0 bridgehead atoms. The minimum Gasteiger partial charge on any atom is -0.307 e. The van der Waals surface area contributed by atoms with E-state index in [-0.39, 0.29) is 18.0 Å². The summed E-state index contributed by atoms with van der Waals surface area (Å²) >= 11 is 0. The second kappa shape index (κ2) is 5.79. The van der Waals surface area contributed by atoms with Gasteiger partial charge in [-0.2, -0.15) is 0 Å². The smallest absolute Gasteiger partial charge is 0.307 e. The SMILES string of the molecule is O=C1CCC(c2ccccc2)N1C(=O)Nc1ccccc1. The molecule has 0 saturated carbocycles. The van der Waals surface area contributed by atoms with Crippen LogP contribution in [0.2, 0.25) is 0 Å². The Hall–Kier alpha value is -2.62. The molecule has 1 fully saturated rings. The number of nitrogens with zero attached hydrogens (tertiary/aromatic N) is 1. The van der Waals surface area contributed by atoms with E-state index in [1.165, 1.54) is 4.90 Å². The van der Waals surface area contributed by atoms with Crippen molar-refractivity contribution < 1.29 is 9.59 Å². The summed E-state index contributed by atoms with van der Waals surface area (Å²) in [6.07, 6.45) is 1.08. The average molecular weight is 280 g/mol. The lowest BCUT2D eigenvalue weighted by atomic mass is 10.1. The molecule has 1 aliphatic heterocycles. The summed E-state index contributed by atoms with van der Waals surface area (Å²) in [6, 6.07) is 18.3. The molecule has 1 atom stereocenters. The second-order valence-electron chi connectivity index (χ2n) is 5.03. The molecule has 0 spiro atoms. The Kier molecular flexibility index (Phi) is 3.69. The fourth-order valence-electron chi connectivity index (χ4n) is 2.63. The first-order valence-electron chi connectivity index (χ1n) is 6.99. The number of carbonyl (C=O) groups is 2. The Balaban J connectivity index is 1.81. The van der Waals surface area contributed by atoms with Crippen LogP contribution in [0, 0.1) is 0 Å². The van der Waals surface area contributed by atoms with Crippen LogP contribution in [0.5, 0.6) is 0 Å². The zero-order chi connectivity index (χ0) is 14.7. The van der Waals surface area contributed by atoms with Gasteiger partial charge in [0.25, 0.3) is 0 Å². The third-order valence-corrected chi connectivity index (χ3v) is 3.64. The van der Waals surface area contributed by atoms with E-state index in [0.29, 0.717) is 18.5 Å². The lowest BCUT2D eigenvalue weighted by molar-refractivity contribution is -0.125. The molecule has 0 radical (unpaired) electrons. The molecule has 2 aromatic carbocycles. The summed E-state index contributed by atoms with van der Waals surface area (Å²) in [4.78, 5) is 25.8. The summed E-state index contributed by atoms with van der Waals surface area (Å²) in [7, 11) is 0. The summed E-state index contributed by atoms with van der Waals surface area (Å²) in [5, 5.41) is 2.78. The van der Waals surface area contributed by atoms with Crippen molar-refractivity contribution in [3.05, 3.63) is 66.2 Å². The van der Waals surface area contributed by atoms with Gasteiger partial charge in [-0.15, -0.1) is 0 Å². The number of hydrogen-bond acceptors (Lipinski definition) is 2. The lowest BCUT2D eigenvalue weighted by Crippen LogP contribution is -2.37. The van der Waals surface area contributed by atoms with E-state index in [1.807, 2.05) is 48.5 Å². The van der Waals surface area contributed by atoms with Crippen LogP contribution in [0.15, 0.2) is 60.7 Å². The molecule has 106 valence electrons. The summed E-state index contributed by atoms with van der Waals surface area (Å²) in [6.45, 7) is 0. The quantitative estimate of drug-likeness (QED) is 0.914. The minimum atomic E-state index is -0.363. The molecule has 4 nitrogen and oxygen atoms in total. The fraction of sp³-hybridized carbons (Fsp3) is 0.176. The van der Waals surface area contributed by atoms with Gasteiger partial charge in [-0.05, 0) is 24.1 Å². The zero-order valence-electron chi connectivity index (χ0n) is 11.5. The number of hydrogen-bond donors (Lipinski definition) is 1. The van der Waals surface area contributed by atoms with Crippen molar-refractivity contribution in [1.82, 2.24) is 4.90 Å². The first-order valence-corrected chi connectivity index (χ1v) is 6.99. The minimum absolute atomic E-state index is 0.128. The van der Waals surface area contributed by atoms with Gasteiger partial charge in [-0.1, -0.05) is 48.5 Å². The maximum atomic E-state index is 12.4. The number of carbonyl (C=O) groups excluding carboxylic acids is 2. The van der Waals surface area contributed by atoms with Crippen LogP contribution < -0.4 is 5.32 Å². The predicted octanol–water partition coefficient (Wildman–Crippen LogP) is 3.58. The van der Waals surface area contributed by atoms with Crippen molar-refractivity contribution in [2.24, 2.45) is 0 Å². The molecule has 2 aromatic rings. The molecule has 0 aromatic heterocycles. The number of anilines is 1. The third kappa shape index (κ3) is 2.79.